The third-order valence-electron chi connectivity index (χ3n) is 4.34. The van der Waals surface area contributed by atoms with Crippen LogP contribution in [0.15, 0.2) is 0 Å². The molecule has 0 spiro atoms. The van der Waals surface area contributed by atoms with Crippen molar-refractivity contribution in [2.45, 2.75) is 91.4 Å². The van der Waals surface area contributed by atoms with Gasteiger partial charge in [0.25, 0.3) is 0 Å². The van der Waals surface area contributed by atoms with Crippen molar-refractivity contribution in [3.05, 3.63) is 0 Å². The van der Waals surface area contributed by atoms with Gasteiger partial charge in [0.2, 0.25) is 0 Å². The lowest BCUT2D eigenvalue weighted by molar-refractivity contribution is -0.156. The van der Waals surface area contributed by atoms with Crippen molar-refractivity contribution in [2.24, 2.45) is 11.1 Å². The highest BCUT2D eigenvalue weighted by molar-refractivity contribution is 5.77. The van der Waals surface area contributed by atoms with E-state index in [2.05, 4.69) is 13.8 Å². The molecular weight excluding hydrogens is 262 g/mol. The summed E-state index contributed by atoms with van der Waals surface area (Å²) in [7, 11) is 0. The van der Waals surface area contributed by atoms with Crippen LogP contribution in [0, 0.1) is 5.41 Å². The van der Waals surface area contributed by atoms with Crippen LogP contribution in [0.4, 0.5) is 0 Å². The molecule has 126 valence electrons. The molecule has 0 aromatic rings. The Morgan fingerprint density at radius 3 is 1.90 bits per heavy atom. The van der Waals surface area contributed by atoms with Crippen LogP contribution >= 0.6 is 0 Å². The van der Waals surface area contributed by atoms with Crippen LogP contribution in [-0.2, 0) is 9.53 Å². The van der Waals surface area contributed by atoms with Crippen molar-refractivity contribution in [1.82, 2.24) is 0 Å². The maximum absolute atomic E-state index is 12.2. The molecule has 0 heterocycles. The standard InChI is InChI=1S/C18H37NO2/c1-4-7-8-9-10-11-12-13-15-18(16-19,14-5-2)17(20)21-6-3/h4-16,19H2,1-3H3. The van der Waals surface area contributed by atoms with E-state index < -0.39 is 5.41 Å². The SMILES string of the molecule is CCCCCCCCCCC(CN)(CCC)C(=O)OCC. The molecular formula is C18H37NO2. The van der Waals surface area contributed by atoms with Crippen molar-refractivity contribution in [2.75, 3.05) is 13.2 Å². The van der Waals surface area contributed by atoms with Gasteiger partial charge in [-0.15, -0.1) is 0 Å². The summed E-state index contributed by atoms with van der Waals surface area (Å²) in [5.74, 6) is -0.0858. The lowest BCUT2D eigenvalue weighted by atomic mass is 9.78. The first kappa shape index (κ1) is 20.4. The van der Waals surface area contributed by atoms with E-state index in [1.807, 2.05) is 6.92 Å². The summed E-state index contributed by atoms with van der Waals surface area (Å²) in [5, 5.41) is 0. The van der Waals surface area contributed by atoms with Gasteiger partial charge in [0.05, 0.1) is 12.0 Å². The van der Waals surface area contributed by atoms with Gasteiger partial charge in [-0.1, -0.05) is 71.6 Å². The van der Waals surface area contributed by atoms with Gasteiger partial charge in [-0.05, 0) is 19.8 Å². The molecule has 2 N–H and O–H groups in total. The minimum atomic E-state index is -0.438. The van der Waals surface area contributed by atoms with Gasteiger partial charge in [-0.3, -0.25) is 4.79 Å². The van der Waals surface area contributed by atoms with Crippen molar-refractivity contribution in [1.29, 1.82) is 0 Å². The molecule has 0 saturated heterocycles. The Balaban J connectivity index is 4.04. The highest BCUT2D eigenvalue weighted by atomic mass is 16.5. The zero-order valence-electron chi connectivity index (χ0n) is 14.6. The van der Waals surface area contributed by atoms with E-state index >= 15 is 0 Å². The zero-order chi connectivity index (χ0) is 16.0. The van der Waals surface area contributed by atoms with Gasteiger partial charge in [0.15, 0.2) is 0 Å². The van der Waals surface area contributed by atoms with Crippen LogP contribution in [0.5, 0.6) is 0 Å². The van der Waals surface area contributed by atoms with E-state index in [0.29, 0.717) is 13.2 Å². The molecule has 0 aliphatic heterocycles. The van der Waals surface area contributed by atoms with Gasteiger partial charge in [0, 0.05) is 6.54 Å². The van der Waals surface area contributed by atoms with Crippen molar-refractivity contribution in [3.63, 3.8) is 0 Å². The van der Waals surface area contributed by atoms with Crippen LogP contribution in [-0.4, -0.2) is 19.1 Å². The lowest BCUT2D eigenvalue weighted by Gasteiger charge is -2.29. The number of esters is 1. The fourth-order valence-electron chi connectivity index (χ4n) is 2.98. The number of nitrogens with two attached hydrogens (primary N) is 1. The molecule has 0 aliphatic carbocycles. The van der Waals surface area contributed by atoms with Crippen molar-refractivity contribution < 1.29 is 9.53 Å². The summed E-state index contributed by atoms with van der Waals surface area (Å²) in [4.78, 5) is 12.2. The van der Waals surface area contributed by atoms with Crippen LogP contribution in [0.1, 0.15) is 91.4 Å². The third-order valence-corrected chi connectivity index (χ3v) is 4.34. The molecule has 0 bridgehead atoms. The van der Waals surface area contributed by atoms with E-state index in [4.69, 9.17) is 10.5 Å². The Morgan fingerprint density at radius 1 is 0.857 bits per heavy atom. The monoisotopic (exact) mass is 299 g/mol. The normalized spacial score (nSPS) is 13.9. The van der Waals surface area contributed by atoms with Crippen LogP contribution in [0.2, 0.25) is 0 Å². The van der Waals surface area contributed by atoms with Crippen LogP contribution < -0.4 is 5.73 Å². The summed E-state index contributed by atoms with van der Waals surface area (Å²) >= 11 is 0. The number of hydrogen-bond acceptors (Lipinski definition) is 3. The molecule has 0 radical (unpaired) electrons. The summed E-state index contributed by atoms with van der Waals surface area (Å²) in [6, 6.07) is 0. The molecule has 1 atom stereocenters. The topological polar surface area (TPSA) is 52.3 Å². The number of unbranched alkanes of at least 4 members (excludes halogenated alkanes) is 7. The summed E-state index contributed by atoms with van der Waals surface area (Å²) in [5.41, 5.74) is 5.48. The second-order valence-electron chi connectivity index (χ2n) is 6.18. The second-order valence-corrected chi connectivity index (χ2v) is 6.18. The third kappa shape index (κ3) is 8.45. The van der Waals surface area contributed by atoms with E-state index in [1.165, 1.54) is 44.9 Å². The van der Waals surface area contributed by atoms with Gasteiger partial charge in [-0.2, -0.15) is 0 Å². The van der Waals surface area contributed by atoms with E-state index in [-0.39, 0.29) is 5.97 Å². The maximum Gasteiger partial charge on any atom is 0.313 e. The highest BCUT2D eigenvalue weighted by Gasteiger charge is 2.36. The Morgan fingerprint density at radius 2 is 1.43 bits per heavy atom. The average molecular weight is 299 g/mol. The molecule has 0 aliphatic rings. The largest absolute Gasteiger partial charge is 0.466 e. The molecule has 0 aromatic heterocycles. The fraction of sp³-hybridized carbons (Fsp3) is 0.944. The summed E-state index contributed by atoms with van der Waals surface area (Å²) in [6.45, 7) is 7.08. The molecule has 0 aromatic carbocycles. The predicted octanol–water partition coefficient (Wildman–Crippen LogP) is 4.83. The number of rotatable bonds is 14. The Bertz CT molecular complexity index is 256. The predicted molar refractivity (Wildman–Crippen MR) is 90.3 cm³/mol. The van der Waals surface area contributed by atoms with Gasteiger partial charge in [0.1, 0.15) is 0 Å². The van der Waals surface area contributed by atoms with Crippen molar-refractivity contribution >= 4 is 5.97 Å². The minimum absolute atomic E-state index is 0.0858. The van der Waals surface area contributed by atoms with E-state index in [0.717, 1.165) is 25.7 Å². The first-order valence-electron chi connectivity index (χ1n) is 9.04. The first-order valence-corrected chi connectivity index (χ1v) is 9.04. The van der Waals surface area contributed by atoms with Crippen LogP contribution in [0.3, 0.4) is 0 Å². The minimum Gasteiger partial charge on any atom is -0.466 e. The van der Waals surface area contributed by atoms with Gasteiger partial charge >= 0.3 is 5.97 Å². The molecule has 1 unspecified atom stereocenters. The maximum atomic E-state index is 12.2. The highest BCUT2D eigenvalue weighted by Crippen LogP contribution is 2.31. The molecule has 0 amide bonds. The number of carbonyl (C=O) groups is 1. The lowest BCUT2D eigenvalue weighted by Crippen LogP contribution is -2.40. The molecule has 3 heteroatoms. The molecule has 0 fully saturated rings. The fourth-order valence-corrected chi connectivity index (χ4v) is 2.98. The van der Waals surface area contributed by atoms with Gasteiger partial charge < -0.3 is 10.5 Å². The van der Waals surface area contributed by atoms with Crippen molar-refractivity contribution in [3.8, 4) is 0 Å². The Labute approximate surface area is 132 Å². The number of carbonyl (C=O) groups excluding carboxylic acids is 1. The smallest absolute Gasteiger partial charge is 0.313 e. The number of ether oxygens (including phenoxy) is 1. The summed E-state index contributed by atoms with van der Waals surface area (Å²) in [6.07, 6.45) is 13.0. The molecule has 3 nitrogen and oxygen atoms in total. The quantitative estimate of drug-likeness (QED) is 0.369. The van der Waals surface area contributed by atoms with Gasteiger partial charge in [-0.25, -0.2) is 0 Å². The summed E-state index contributed by atoms with van der Waals surface area (Å²) < 4.78 is 5.25. The Hall–Kier alpha value is -0.570. The Kier molecular flexibility index (Phi) is 12.8. The molecule has 0 saturated carbocycles. The van der Waals surface area contributed by atoms with E-state index in [9.17, 15) is 4.79 Å². The molecule has 21 heavy (non-hydrogen) atoms. The second kappa shape index (κ2) is 13.1. The zero-order valence-corrected chi connectivity index (χ0v) is 14.6. The van der Waals surface area contributed by atoms with E-state index in [1.54, 1.807) is 0 Å². The molecule has 0 rings (SSSR count). The number of hydrogen-bond donors (Lipinski definition) is 1. The van der Waals surface area contributed by atoms with Crippen LogP contribution in [0.25, 0.3) is 0 Å². The average Bonchev–Trinajstić information content (AvgIpc) is 2.49. The first-order chi connectivity index (χ1) is 10.2.